The van der Waals surface area contributed by atoms with Crippen molar-refractivity contribution in [1.29, 1.82) is 0 Å². The number of nitrogens with zero attached hydrogens (tertiary/aromatic N) is 1. The lowest BCUT2D eigenvalue weighted by Gasteiger charge is -2.09. The third-order valence-electron chi connectivity index (χ3n) is 2.92. The van der Waals surface area contributed by atoms with Crippen LogP contribution in [0.4, 0.5) is 11.4 Å². The van der Waals surface area contributed by atoms with Gasteiger partial charge in [0.15, 0.2) is 5.11 Å². The minimum Gasteiger partial charge on any atom is -0.497 e. The zero-order valence-corrected chi connectivity index (χ0v) is 12.9. The number of ether oxygens (including phenoxy) is 1. The number of methoxy groups -OCH3 is 1. The highest BCUT2D eigenvalue weighted by molar-refractivity contribution is 7.80. The molecule has 0 aliphatic heterocycles. The van der Waals surface area contributed by atoms with Crippen LogP contribution >= 0.6 is 12.2 Å². The molecule has 0 unspecified atom stereocenters. The van der Waals surface area contributed by atoms with Crippen LogP contribution in [0, 0.1) is 10.1 Å². The second-order valence-electron chi connectivity index (χ2n) is 4.44. The van der Waals surface area contributed by atoms with Gasteiger partial charge in [-0.25, -0.2) is 0 Å². The third-order valence-corrected chi connectivity index (χ3v) is 3.12. The van der Waals surface area contributed by atoms with E-state index in [0.29, 0.717) is 17.0 Å². The molecular weight excluding hydrogens is 318 g/mol. The Morgan fingerprint density at radius 2 is 1.74 bits per heavy atom. The predicted molar refractivity (Wildman–Crippen MR) is 89.8 cm³/mol. The smallest absolute Gasteiger partial charge is 0.269 e. The molecule has 0 aromatic heterocycles. The molecule has 118 valence electrons. The minimum atomic E-state index is -0.493. The summed E-state index contributed by atoms with van der Waals surface area (Å²) in [6, 6.07) is 12.3. The van der Waals surface area contributed by atoms with Gasteiger partial charge < -0.3 is 10.1 Å². The number of hydrogen-bond donors (Lipinski definition) is 2. The maximum absolute atomic E-state index is 12.0. The number of anilines is 1. The Labute approximate surface area is 137 Å². The van der Waals surface area contributed by atoms with Gasteiger partial charge in [-0.3, -0.25) is 20.2 Å². The van der Waals surface area contributed by atoms with E-state index in [1.807, 2.05) is 0 Å². The Morgan fingerprint density at radius 1 is 1.13 bits per heavy atom. The lowest BCUT2D eigenvalue weighted by atomic mass is 10.2. The largest absolute Gasteiger partial charge is 0.497 e. The van der Waals surface area contributed by atoms with Gasteiger partial charge in [-0.1, -0.05) is 0 Å². The van der Waals surface area contributed by atoms with Crippen molar-refractivity contribution in [3.8, 4) is 5.75 Å². The molecule has 0 atom stereocenters. The number of non-ortho nitro benzene ring substituents is 1. The molecule has 23 heavy (non-hydrogen) atoms. The van der Waals surface area contributed by atoms with Crippen molar-refractivity contribution in [2.24, 2.45) is 0 Å². The number of rotatable bonds is 4. The molecule has 2 aromatic carbocycles. The first-order chi connectivity index (χ1) is 11.0. The van der Waals surface area contributed by atoms with E-state index in [1.165, 1.54) is 24.3 Å². The van der Waals surface area contributed by atoms with Crippen LogP contribution in [0.3, 0.4) is 0 Å². The van der Waals surface area contributed by atoms with Gasteiger partial charge in [0.2, 0.25) is 0 Å². The van der Waals surface area contributed by atoms with E-state index in [9.17, 15) is 14.9 Å². The van der Waals surface area contributed by atoms with Crippen LogP contribution in [0.5, 0.6) is 5.75 Å². The van der Waals surface area contributed by atoms with Crippen LogP contribution < -0.4 is 15.4 Å². The predicted octanol–water partition coefficient (Wildman–Crippen LogP) is 2.73. The SMILES string of the molecule is COc1ccc(C(=O)NC(=S)Nc2ccc([N+](=O)[O-])cc2)cc1. The van der Waals surface area contributed by atoms with Crippen LogP contribution in [-0.4, -0.2) is 23.1 Å². The van der Waals surface area contributed by atoms with Crippen LogP contribution in [0.15, 0.2) is 48.5 Å². The van der Waals surface area contributed by atoms with Gasteiger partial charge in [-0.05, 0) is 48.6 Å². The number of carbonyl (C=O) groups is 1. The third kappa shape index (κ3) is 4.48. The fraction of sp³-hybridized carbons (Fsp3) is 0.0667. The van der Waals surface area contributed by atoms with Crippen molar-refractivity contribution in [2.45, 2.75) is 0 Å². The van der Waals surface area contributed by atoms with Crippen molar-refractivity contribution in [2.75, 3.05) is 12.4 Å². The number of nitro benzene ring substituents is 1. The van der Waals surface area contributed by atoms with Crippen LogP contribution in [0.2, 0.25) is 0 Å². The van der Waals surface area contributed by atoms with Crippen molar-refractivity contribution in [1.82, 2.24) is 5.32 Å². The normalized spacial score (nSPS) is 9.78. The number of thiocarbonyl (C=S) groups is 1. The van der Waals surface area contributed by atoms with E-state index in [2.05, 4.69) is 10.6 Å². The van der Waals surface area contributed by atoms with Crippen molar-refractivity contribution in [3.05, 3.63) is 64.2 Å². The number of hydrogen-bond acceptors (Lipinski definition) is 5. The molecule has 8 heteroatoms. The molecule has 0 aliphatic carbocycles. The van der Waals surface area contributed by atoms with Crippen LogP contribution in [0.25, 0.3) is 0 Å². The lowest BCUT2D eigenvalue weighted by Crippen LogP contribution is -2.34. The first-order valence-electron chi connectivity index (χ1n) is 6.50. The van der Waals surface area contributed by atoms with Gasteiger partial charge in [0.05, 0.1) is 12.0 Å². The standard InChI is InChI=1S/C15H13N3O4S/c1-22-13-8-2-10(3-9-13)14(19)17-15(23)16-11-4-6-12(7-5-11)18(20)21/h2-9H,1H3,(H2,16,17,19,23). The molecule has 0 saturated carbocycles. The average Bonchev–Trinajstić information content (AvgIpc) is 2.55. The number of amides is 1. The van der Waals surface area contributed by atoms with Crippen LogP contribution in [0.1, 0.15) is 10.4 Å². The van der Waals surface area contributed by atoms with E-state index in [-0.39, 0.29) is 16.7 Å². The van der Waals surface area contributed by atoms with Crippen molar-refractivity contribution in [3.63, 3.8) is 0 Å². The van der Waals surface area contributed by atoms with E-state index in [4.69, 9.17) is 17.0 Å². The molecule has 1 amide bonds. The first-order valence-corrected chi connectivity index (χ1v) is 6.91. The van der Waals surface area contributed by atoms with Gasteiger partial charge in [0.25, 0.3) is 11.6 Å². The molecule has 0 bridgehead atoms. The van der Waals surface area contributed by atoms with Crippen molar-refractivity contribution < 1.29 is 14.5 Å². The molecule has 0 spiro atoms. The molecule has 2 N–H and O–H groups in total. The van der Waals surface area contributed by atoms with Crippen LogP contribution in [-0.2, 0) is 0 Å². The van der Waals surface area contributed by atoms with Gasteiger partial charge in [-0.15, -0.1) is 0 Å². The summed E-state index contributed by atoms with van der Waals surface area (Å²) >= 11 is 5.04. The number of benzene rings is 2. The summed E-state index contributed by atoms with van der Waals surface area (Å²) in [5.74, 6) is 0.278. The summed E-state index contributed by atoms with van der Waals surface area (Å²) in [5.41, 5.74) is 0.943. The summed E-state index contributed by atoms with van der Waals surface area (Å²) in [5, 5.41) is 16.0. The Balaban J connectivity index is 1.95. The molecule has 2 aromatic rings. The summed E-state index contributed by atoms with van der Waals surface area (Å²) < 4.78 is 5.02. The monoisotopic (exact) mass is 331 g/mol. The zero-order valence-electron chi connectivity index (χ0n) is 12.1. The maximum Gasteiger partial charge on any atom is 0.269 e. The van der Waals surface area contributed by atoms with Gasteiger partial charge in [0.1, 0.15) is 5.75 Å². The Hall–Kier alpha value is -3.00. The van der Waals surface area contributed by atoms with Gasteiger partial charge in [0, 0.05) is 23.4 Å². The minimum absolute atomic E-state index is 0.0243. The fourth-order valence-corrected chi connectivity index (χ4v) is 1.96. The fourth-order valence-electron chi connectivity index (χ4n) is 1.75. The number of carbonyl (C=O) groups excluding carboxylic acids is 1. The maximum atomic E-state index is 12.0. The zero-order chi connectivity index (χ0) is 16.8. The highest BCUT2D eigenvalue weighted by Crippen LogP contribution is 2.15. The van der Waals surface area contributed by atoms with Gasteiger partial charge in [-0.2, -0.15) is 0 Å². The van der Waals surface area contributed by atoms with Gasteiger partial charge >= 0.3 is 0 Å². The number of nitrogens with one attached hydrogen (secondary N) is 2. The molecule has 0 radical (unpaired) electrons. The van der Waals surface area contributed by atoms with E-state index in [1.54, 1.807) is 31.4 Å². The quantitative estimate of drug-likeness (QED) is 0.508. The molecule has 7 nitrogen and oxygen atoms in total. The molecule has 2 rings (SSSR count). The Bertz CT molecular complexity index is 729. The average molecular weight is 331 g/mol. The molecule has 0 saturated heterocycles. The Morgan fingerprint density at radius 3 is 2.26 bits per heavy atom. The first kappa shape index (κ1) is 16.4. The number of nitro groups is 1. The summed E-state index contributed by atoms with van der Waals surface area (Å²) in [6.45, 7) is 0. The summed E-state index contributed by atoms with van der Waals surface area (Å²) in [6.07, 6.45) is 0. The summed E-state index contributed by atoms with van der Waals surface area (Å²) in [7, 11) is 1.54. The summed E-state index contributed by atoms with van der Waals surface area (Å²) in [4.78, 5) is 22.1. The van der Waals surface area contributed by atoms with E-state index >= 15 is 0 Å². The van der Waals surface area contributed by atoms with E-state index < -0.39 is 4.92 Å². The lowest BCUT2D eigenvalue weighted by molar-refractivity contribution is -0.384. The van der Waals surface area contributed by atoms with E-state index in [0.717, 1.165) is 0 Å². The Kier molecular flexibility index (Phi) is 5.21. The molecular formula is C15H13N3O4S. The molecule has 0 fully saturated rings. The topological polar surface area (TPSA) is 93.5 Å². The second kappa shape index (κ2) is 7.32. The second-order valence-corrected chi connectivity index (χ2v) is 4.85. The van der Waals surface area contributed by atoms with Crippen molar-refractivity contribution >= 4 is 34.6 Å². The highest BCUT2D eigenvalue weighted by atomic mass is 32.1. The molecule has 0 heterocycles. The highest BCUT2D eigenvalue weighted by Gasteiger charge is 2.09. The molecule has 0 aliphatic rings.